The van der Waals surface area contributed by atoms with E-state index in [9.17, 15) is 9.59 Å². The average molecular weight is 381 g/mol. The van der Waals surface area contributed by atoms with E-state index in [2.05, 4.69) is 10.4 Å². The third-order valence-electron chi connectivity index (χ3n) is 4.43. The van der Waals surface area contributed by atoms with Crippen molar-refractivity contribution in [1.29, 1.82) is 0 Å². The largest absolute Gasteiger partial charge is 0.378 e. The molecule has 7 nitrogen and oxygen atoms in total. The third kappa shape index (κ3) is 3.08. The summed E-state index contributed by atoms with van der Waals surface area (Å²) >= 11 is 1.58. The fourth-order valence-electron chi connectivity index (χ4n) is 3.12. The molecule has 4 rings (SSSR count). The van der Waals surface area contributed by atoms with Crippen LogP contribution in [0, 0.1) is 6.92 Å². The number of nitrogens with zero attached hydrogens (tertiary/aromatic N) is 4. The molecule has 0 bridgehead atoms. The van der Waals surface area contributed by atoms with Crippen LogP contribution in [0.25, 0.3) is 15.7 Å². The Hall–Kier alpha value is -3.13. The van der Waals surface area contributed by atoms with E-state index >= 15 is 0 Å². The zero-order valence-corrected chi connectivity index (χ0v) is 16.1. The lowest BCUT2D eigenvalue weighted by Crippen LogP contribution is -2.31. The van der Waals surface area contributed by atoms with Crippen LogP contribution in [0.1, 0.15) is 5.82 Å². The maximum Gasteiger partial charge on any atom is 0.291 e. The maximum atomic E-state index is 12.8. The second-order valence-electron chi connectivity index (χ2n) is 6.53. The van der Waals surface area contributed by atoms with E-state index in [0.717, 1.165) is 15.9 Å². The van der Waals surface area contributed by atoms with Gasteiger partial charge in [0.15, 0.2) is 0 Å². The zero-order valence-electron chi connectivity index (χ0n) is 15.3. The number of amides is 1. The Morgan fingerprint density at radius 3 is 2.63 bits per heavy atom. The highest BCUT2D eigenvalue weighted by Gasteiger charge is 2.14. The fourth-order valence-corrected chi connectivity index (χ4v) is 3.92. The first-order valence-electron chi connectivity index (χ1n) is 8.47. The highest BCUT2D eigenvalue weighted by Crippen LogP contribution is 2.24. The Balaban J connectivity index is 1.60. The molecule has 4 aromatic rings. The number of nitrogens with one attached hydrogen (secondary N) is 1. The van der Waals surface area contributed by atoms with Gasteiger partial charge in [-0.05, 0) is 48.7 Å². The van der Waals surface area contributed by atoms with Crippen LogP contribution in [0.4, 0.5) is 11.4 Å². The quantitative estimate of drug-likeness (QED) is 0.590. The molecule has 3 heterocycles. The highest BCUT2D eigenvalue weighted by atomic mass is 32.1. The second-order valence-corrected chi connectivity index (χ2v) is 7.48. The van der Waals surface area contributed by atoms with Crippen molar-refractivity contribution in [1.82, 2.24) is 14.2 Å². The SMILES string of the molecule is Cc1nn(CC(=O)Nc2ccc(N(C)C)cc2)c(=O)c2cc3sccc3n12. The Morgan fingerprint density at radius 2 is 1.93 bits per heavy atom. The summed E-state index contributed by atoms with van der Waals surface area (Å²) in [6.45, 7) is 1.70. The van der Waals surface area contributed by atoms with Crippen molar-refractivity contribution < 1.29 is 4.79 Å². The summed E-state index contributed by atoms with van der Waals surface area (Å²) in [4.78, 5) is 27.1. The Labute approximate surface area is 159 Å². The Morgan fingerprint density at radius 1 is 1.19 bits per heavy atom. The van der Waals surface area contributed by atoms with Crippen molar-refractivity contribution in [2.45, 2.75) is 13.5 Å². The highest BCUT2D eigenvalue weighted by molar-refractivity contribution is 7.17. The van der Waals surface area contributed by atoms with Crippen LogP contribution in [-0.2, 0) is 11.3 Å². The molecule has 0 aliphatic carbocycles. The molecular weight excluding hydrogens is 362 g/mol. The predicted octanol–water partition coefficient (Wildman–Crippen LogP) is 2.72. The first-order chi connectivity index (χ1) is 12.9. The summed E-state index contributed by atoms with van der Waals surface area (Å²) in [5.41, 5.74) is 2.95. The summed E-state index contributed by atoms with van der Waals surface area (Å²) in [5.74, 6) is 0.375. The first-order valence-corrected chi connectivity index (χ1v) is 9.35. The van der Waals surface area contributed by atoms with Crippen LogP contribution in [0.3, 0.4) is 0 Å². The number of benzene rings is 1. The molecule has 1 aromatic carbocycles. The lowest BCUT2D eigenvalue weighted by Gasteiger charge is -2.13. The molecule has 8 heteroatoms. The van der Waals surface area contributed by atoms with Gasteiger partial charge in [-0.15, -0.1) is 11.3 Å². The van der Waals surface area contributed by atoms with Gasteiger partial charge in [-0.2, -0.15) is 5.10 Å². The van der Waals surface area contributed by atoms with E-state index in [4.69, 9.17) is 0 Å². The third-order valence-corrected chi connectivity index (χ3v) is 5.28. The van der Waals surface area contributed by atoms with Crippen molar-refractivity contribution in [2.24, 2.45) is 0 Å². The van der Waals surface area contributed by atoms with Crippen LogP contribution < -0.4 is 15.8 Å². The van der Waals surface area contributed by atoms with Gasteiger partial charge in [0.05, 0.1) is 10.2 Å². The number of fused-ring (bicyclic) bond motifs is 3. The standard InChI is InChI=1S/C19H19N5O2S/c1-12-21-23(19(26)16-10-17-15(24(12)16)8-9-27-17)11-18(25)20-13-4-6-14(7-5-13)22(2)3/h4-10H,11H2,1-3H3,(H,20,25). The molecule has 0 unspecified atom stereocenters. The Kier molecular flexibility index (Phi) is 4.19. The number of carbonyl (C=O) groups is 1. The van der Waals surface area contributed by atoms with Gasteiger partial charge in [0.25, 0.3) is 5.56 Å². The molecular formula is C19H19N5O2S. The normalized spacial score (nSPS) is 11.2. The molecule has 1 amide bonds. The molecule has 0 saturated carbocycles. The van der Waals surface area contributed by atoms with Crippen LogP contribution in [0.5, 0.6) is 0 Å². The van der Waals surface area contributed by atoms with E-state index in [-0.39, 0.29) is 18.0 Å². The van der Waals surface area contributed by atoms with E-state index < -0.39 is 0 Å². The summed E-state index contributed by atoms with van der Waals surface area (Å²) < 4.78 is 4.08. The summed E-state index contributed by atoms with van der Waals surface area (Å²) in [6.07, 6.45) is 0. The zero-order chi connectivity index (χ0) is 19.1. The smallest absolute Gasteiger partial charge is 0.291 e. The molecule has 27 heavy (non-hydrogen) atoms. The van der Waals surface area contributed by atoms with E-state index in [1.165, 1.54) is 4.68 Å². The van der Waals surface area contributed by atoms with Gasteiger partial charge in [-0.25, -0.2) is 4.68 Å². The lowest BCUT2D eigenvalue weighted by atomic mass is 10.2. The van der Waals surface area contributed by atoms with Gasteiger partial charge >= 0.3 is 0 Å². The summed E-state index contributed by atoms with van der Waals surface area (Å²) in [6, 6.07) is 11.3. The minimum Gasteiger partial charge on any atom is -0.378 e. The van der Waals surface area contributed by atoms with Crippen molar-refractivity contribution in [2.75, 3.05) is 24.3 Å². The van der Waals surface area contributed by atoms with Crippen molar-refractivity contribution in [3.63, 3.8) is 0 Å². The minimum atomic E-state index is -0.292. The number of hydrogen-bond acceptors (Lipinski definition) is 5. The number of anilines is 2. The molecule has 138 valence electrons. The number of aromatic nitrogens is 3. The number of rotatable bonds is 4. The predicted molar refractivity (Wildman–Crippen MR) is 109 cm³/mol. The van der Waals surface area contributed by atoms with Gasteiger partial charge in [-0.1, -0.05) is 0 Å². The van der Waals surface area contributed by atoms with Crippen molar-refractivity contribution in [3.8, 4) is 0 Å². The maximum absolute atomic E-state index is 12.8. The summed E-state index contributed by atoms with van der Waals surface area (Å²) in [5, 5.41) is 9.12. The van der Waals surface area contributed by atoms with Gasteiger partial charge in [-0.3, -0.25) is 14.0 Å². The number of thiophene rings is 1. The molecule has 3 aromatic heterocycles. The Bertz CT molecular complexity index is 1200. The molecule has 0 spiro atoms. The molecule has 0 atom stereocenters. The number of hydrogen-bond donors (Lipinski definition) is 1. The monoisotopic (exact) mass is 381 g/mol. The van der Waals surface area contributed by atoms with Crippen molar-refractivity contribution in [3.05, 3.63) is 58.0 Å². The van der Waals surface area contributed by atoms with Crippen LogP contribution in [-0.4, -0.2) is 34.2 Å². The number of carbonyl (C=O) groups excluding carboxylic acids is 1. The average Bonchev–Trinajstić information content (AvgIpc) is 3.21. The minimum absolute atomic E-state index is 0.134. The summed E-state index contributed by atoms with van der Waals surface area (Å²) in [7, 11) is 3.91. The molecule has 1 N–H and O–H groups in total. The lowest BCUT2D eigenvalue weighted by molar-refractivity contribution is -0.117. The van der Waals surface area contributed by atoms with Gasteiger partial charge in [0.1, 0.15) is 17.9 Å². The van der Waals surface area contributed by atoms with Crippen molar-refractivity contribution >= 4 is 44.4 Å². The fraction of sp³-hybridized carbons (Fsp3) is 0.211. The van der Waals surface area contributed by atoms with Gasteiger partial charge < -0.3 is 10.2 Å². The molecule has 0 fully saturated rings. The van der Waals surface area contributed by atoms with E-state index in [1.54, 1.807) is 11.3 Å². The van der Waals surface area contributed by atoms with Crippen LogP contribution >= 0.6 is 11.3 Å². The topological polar surface area (TPSA) is 71.6 Å². The molecule has 0 radical (unpaired) electrons. The second kappa shape index (κ2) is 6.55. The van der Waals surface area contributed by atoms with E-state index in [0.29, 0.717) is 17.0 Å². The molecule has 0 saturated heterocycles. The van der Waals surface area contributed by atoms with Gasteiger partial charge in [0, 0.05) is 25.5 Å². The van der Waals surface area contributed by atoms with E-state index in [1.807, 2.05) is 72.1 Å². The van der Waals surface area contributed by atoms with Gasteiger partial charge in [0.2, 0.25) is 5.91 Å². The molecule has 0 aliphatic heterocycles. The first kappa shape index (κ1) is 17.3. The van der Waals surface area contributed by atoms with Crippen LogP contribution in [0.15, 0.2) is 46.6 Å². The molecule has 0 aliphatic rings. The van der Waals surface area contributed by atoms with Crippen LogP contribution in [0.2, 0.25) is 0 Å². The number of aryl methyl sites for hydroxylation is 1.